The minimum atomic E-state index is -0.0705. The van der Waals surface area contributed by atoms with Crippen LogP contribution in [0.15, 0.2) is 48.7 Å². The third kappa shape index (κ3) is 3.21. The number of benzene rings is 1. The molecule has 0 fully saturated rings. The normalized spacial score (nSPS) is 12.1. The lowest BCUT2D eigenvalue weighted by atomic mass is 10.1. The molecule has 4 nitrogen and oxygen atoms in total. The Morgan fingerprint density at radius 3 is 2.61 bits per heavy atom. The summed E-state index contributed by atoms with van der Waals surface area (Å²) in [6, 6.07) is 13.6. The molecule has 0 saturated carbocycles. The number of anilines is 2. The Kier molecular flexibility index (Phi) is 4.15. The van der Waals surface area contributed by atoms with Gasteiger partial charge in [-0.2, -0.15) is 0 Å². The highest BCUT2D eigenvalue weighted by Gasteiger charge is 2.09. The van der Waals surface area contributed by atoms with Crippen molar-refractivity contribution in [2.24, 2.45) is 0 Å². The van der Waals surface area contributed by atoms with Crippen LogP contribution in [0.3, 0.4) is 0 Å². The van der Waals surface area contributed by atoms with Crippen LogP contribution in [-0.4, -0.2) is 22.7 Å². The topological polar surface area (TPSA) is 71.2 Å². The molecule has 2 rings (SSSR count). The minimum absolute atomic E-state index is 0.0449. The molecule has 0 amide bonds. The molecule has 4 N–H and O–H groups in total. The molecular formula is C14H17N3O. The molecular weight excluding hydrogens is 226 g/mol. The first-order chi connectivity index (χ1) is 8.79. The second-order valence-corrected chi connectivity index (χ2v) is 4.15. The van der Waals surface area contributed by atoms with Gasteiger partial charge in [-0.05, 0) is 24.1 Å². The number of aliphatic hydroxyl groups excluding tert-OH is 1. The van der Waals surface area contributed by atoms with E-state index >= 15 is 0 Å². The Hall–Kier alpha value is -2.07. The zero-order valence-electron chi connectivity index (χ0n) is 10.1. The van der Waals surface area contributed by atoms with E-state index in [0.717, 1.165) is 12.1 Å². The molecule has 0 aliphatic heterocycles. The number of nitrogen functional groups attached to an aromatic ring is 1. The van der Waals surface area contributed by atoms with Crippen molar-refractivity contribution in [2.75, 3.05) is 17.7 Å². The second-order valence-electron chi connectivity index (χ2n) is 4.15. The fourth-order valence-electron chi connectivity index (χ4n) is 1.82. The van der Waals surface area contributed by atoms with Crippen LogP contribution < -0.4 is 11.1 Å². The van der Waals surface area contributed by atoms with Crippen molar-refractivity contribution >= 4 is 11.5 Å². The first-order valence-corrected chi connectivity index (χ1v) is 5.91. The van der Waals surface area contributed by atoms with E-state index in [4.69, 9.17) is 5.73 Å². The number of nitrogens with two attached hydrogens (primary N) is 1. The van der Waals surface area contributed by atoms with Crippen molar-refractivity contribution in [1.82, 2.24) is 4.98 Å². The maximum Gasteiger partial charge on any atom is 0.146 e. The van der Waals surface area contributed by atoms with Crippen molar-refractivity contribution in [3.63, 3.8) is 0 Å². The van der Waals surface area contributed by atoms with Gasteiger partial charge in [-0.3, -0.25) is 0 Å². The first kappa shape index (κ1) is 12.4. The zero-order chi connectivity index (χ0) is 12.8. The van der Waals surface area contributed by atoms with E-state index in [-0.39, 0.29) is 12.6 Å². The van der Waals surface area contributed by atoms with E-state index in [9.17, 15) is 5.11 Å². The van der Waals surface area contributed by atoms with E-state index in [2.05, 4.69) is 10.3 Å². The molecule has 0 aliphatic carbocycles. The van der Waals surface area contributed by atoms with Gasteiger partial charge in [-0.15, -0.1) is 0 Å². The van der Waals surface area contributed by atoms with E-state index in [0.29, 0.717) is 5.82 Å². The number of pyridine rings is 1. The molecule has 0 bridgehead atoms. The van der Waals surface area contributed by atoms with Gasteiger partial charge in [0.15, 0.2) is 0 Å². The van der Waals surface area contributed by atoms with E-state index < -0.39 is 0 Å². The Bertz CT molecular complexity index is 487. The number of nitrogens with one attached hydrogen (secondary N) is 1. The minimum Gasteiger partial charge on any atom is -0.394 e. The van der Waals surface area contributed by atoms with Gasteiger partial charge >= 0.3 is 0 Å². The van der Waals surface area contributed by atoms with Crippen LogP contribution in [0.4, 0.5) is 11.5 Å². The quantitative estimate of drug-likeness (QED) is 0.747. The van der Waals surface area contributed by atoms with Crippen molar-refractivity contribution in [3.8, 4) is 0 Å². The molecule has 1 unspecified atom stereocenters. The van der Waals surface area contributed by atoms with E-state index in [1.807, 2.05) is 42.5 Å². The average molecular weight is 243 g/mol. The van der Waals surface area contributed by atoms with Gasteiger partial charge in [0.05, 0.1) is 18.3 Å². The van der Waals surface area contributed by atoms with E-state index in [1.165, 1.54) is 5.56 Å². The maximum absolute atomic E-state index is 9.42. The second kappa shape index (κ2) is 6.02. The number of nitrogens with zero attached hydrogens (tertiary/aromatic N) is 1. The highest BCUT2D eigenvalue weighted by molar-refractivity contribution is 5.61. The number of aromatic nitrogens is 1. The van der Waals surface area contributed by atoms with Crippen LogP contribution in [0.5, 0.6) is 0 Å². The van der Waals surface area contributed by atoms with Gasteiger partial charge < -0.3 is 16.2 Å². The summed E-state index contributed by atoms with van der Waals surface area (Å²) in [5, 5.41) is 12.6. The van der Waals surface area contributed by atoms with E-state index in [1.54, 1.807) is 6.20 Å². The van der Waals surface area contributed by atoms with Crippen LogP contribution in [-0.2, 0) is 6.42 Å². The smallest absolute Gasteiger partial charge is 0.146 e. The summed E-state index contributed by atoms with van der Waals surface area (Å²) in [6.07, 6.45) is 2.39. The summed E-state index contributed by atoms with van der Waals surface area (Å²) in [6.45, 7) is 0.0449. The van der Waals surface area contributed by atoms with Crippen molar-refractivity contribution in [3.05, 3.63) is 54.2 Å². The number of hydrogen-bond donors (Lipinski definition) is 3. The standard InChI is InChI=1S/C14H17N3O/c15-14-13(7-4-8-16-14)17-12(10-18)9-11-5-2-1-3-6-11/h1-8,12,17-18H,9-10H2,(H2,15,16). The third-order valence-corrected chi connectivity index (χ3v) is 2.74. The first-order valence-electron chi connectivity index (χ1n) is 5.91. The largest absolute Gasteiger partial charge is 0.394 e. The molecule has 1 atom stereocenters. The predicted molar refractivity (Wildman–Crippen MR) is 73.3 cm³/mol. The third-order valence-electron chi connectivity index (χ3n) is 2.74. The van der Waals surface area contributed by atoms with Crippen molar-refractivity contribution in [2.45, 2.75) is 12.5 Å². The summed E-state index contributed by atoms with van der Waals surface area (Å²) >= 11 is 0. The maximum atomic E-state index is 9.42. The number of hydrogen-bond acceptors (Lipinski definition) is 4. The zero-order valence-corrected chi connectivity index (χ0v) is 10.1. The molecule has 0 saturated heterocycles. The Morgan fingerprint density at radius 2 is 1.94 bits per heavy atom. The fourth-order valence-corrected chi connectivity index (χ4v) is 1.82. The molecule has 1 aromatic carbocycles. The molecule has 0 radical (unpaired) electrons. The molecule has 94 valence electrons. The molecule has 0 spiro atoms. The van der Waals surface area contributed by atoms with Crippen LogP contribution >= 0.6 is 0 Å². The SMILES string of the molecule is Nc1ncccc1NC(CO)Cc1ccccc1. The fraction of sp³-hybridized carbons (Fsp3) is 0.214. The molecule has 4 heteroatoms. The van der Waals surface area contributed by atoms with Gasteiger partial charge in [-0.25, -0.2) is 4.98 Å². The molecule has 18 heavy (non-hydrogen) atoms. The monoisotopic (exact) mass is 243 g/mol. The molecule has 0 aliphatic rings. The number of rotatable bonds is 5. The summed E-state index contributed by atoms with van der Waals surface area (Å²) in [7, 11) is 0. The lowest BCUT2D eigenvalue weighted by Gasteiger charge is -2.18. The summed E-state index contributed by atoms with van der Waals surface area (Å²) < 4.78 is 0. The van der Waals surface area contributed by atoms with Gasteiger partial charge in [0.2, 0.25) is 0 Å². The molecule has 1 aromatic heterocycles. The Morgan fingerprint density at radius 1 is 1.17 bits per heavy atom. The molecule has 1 heterocycles. The highest BCUT2D eigenvalue weighted by atomic mass is 16.3. The summed E-state index contributed by atoms with van der Waals surface area (Å²) in [5.74, 6) is 0.448. The average Bonchev–Trinajstić information content (AvgIpc) is 2.41. The highest BCUT2D eigenvalue weighted by Crippen LogP contribution is 2.16. The predicted octanol–water partition coefficient (Wildman–Crippen LogP) is 1.68. The van der Waals surface area contributed by atoms with Gasteiger partial charge in [0.1, 0.15) is 5.82 Å². The van der Waals surface area contributed by atoms with Crippen LogP contribution in [0.1, 0.15) is 5.56 Å². The van der Waals surface area contributed by atoms with Crippen molar-refractivity contribution in [1.29, 1.82) is 0 Å². The van der Waals surface area contributed by atoms with Gasteiger partial charge in [-0.1, -0.05) is 30.3 Å². The Labute approximate surface area is 106 Å². The summed E-state index contributed by atoms with van der Waals surface area (Å²) in [4.78, 5) is 4.01. The van der Waals surface area contributed by atoms with Gasteiger partial charge in [0.25, 0.3) is 0 Å². The van der Waals surface area contributed by atoms with Crippen LogP contribution in [0.25, 0.3) is 0 Å². The lowest BCUT2D eigenvalue weighted by molar-refractivity contribution is 0.274. The summed E-state index contributed by atoms with van der Waals surface area (Å²) in [5.41, 5.74) is 7.69. The van der Waals surface area contributed by atoms with Crippen molar-refractivity contribution < 1.29 is 5.11 Å². The van der Waals surface area contributed by atoms with Gasteiger partial charge in [0, 0.05) is 6.20 Å². The molecule has 2 aromatic rings. The number of aliphatic hydroxyl groups is 1. The lowest BCUT2D eigenvalue weighted by Crippen LogP contribution is -2.26. The van der Waals surface area contributed by atoms with Crippen LogP contribution in [0, 0.1) is 0 Å². The van der Waals surface area contributed by atoms with Crippen LogP contribution in [0.2, 0.25) is 0 Å². The Balaban J connectivity index is 2.04.